The molecule has 2 aromatic carbocycles. The number of anilines is 1. The molecule has 2 rings (SSSR count). The van der Waals surface area contributed by atoms with E-state index in [0.717, 1.165) is 17.2 Å². The molecule has 2 aromatic rings. The maximum absolute atomic E-state index is 13.1. The Balaban J connectivity index is 1.98. The largest absolute Gasteiger partial charge is 0.418 e. The van der Waals surface area contributed by atoms with Gasteiger partial charge in [-0.2, -0.15) is 13.2 Å². The van der Waals surface area contributed by atoms with E-state index >= 15 is 0 Å². The van der Waals surface area contributed by atoms with Gasteiger partial charge in [-0.15, -0.1) is 0 Å². The summed E-state index contributed by atoms with van der Waals surface area (Å²) in [6.45, 7) is 3.92. The number of para-hydroxylation sites is 1. The van der Waals surface area contributed by atoms with Crippen molar-refractivity contribution in [2.45, 2.75) is 32.6 Å². The van der Waals surface area contributed by atoms with Gasteiger partial charge in [0.1, 0.15) is 0 Å². The second kappa shape index (κ2) is 9.75. The van der Waals surface area contributed by atoms with Crippen molar-refractivity contribution in [1.82, 2.24) is 9.80 Å². The topological polar surface area (TPSA) is 52.7 Å². The Morgan fingerprint density at radius 2 is 1.63 bits per heavy atom. The molecular formula is C22H26F3N3O2. The number of rotatable bonds is 7. The molecule has 5 nitrogen and oxygen atoms in total. The smallest absolute Gasteiger partial charge is 0.335 e. The maximum atomic E-state index is 13.1. The van der Waals surface area contributed by atoms with Crippen LogP contribution in [0.2, 0.25) is 0 Å². The van der Waals surface area contributed by atoms with Gasteiger partial charge in [-0.1, -0.05) is 36.4 Å². The average molecular weight is 421 g/mol. The van der Waals surface area contributed by atoms with E-state index in [1.165, 1.54) is 30.1 Å². The minimum absolute atomic E-state index is 0.301. The standard InChI is InChI=1S/C22H26F3N3O2/c1-15-9-5-6-10-17(15)13-27(3)16(2)21(30)28(4)14-20(29)26-19-12-8-7-11-18(19)22(23,24)25/h5-12,16H,13-14H2,1-4H3,(H,26,29)/t16-/m1/s1. The number of carbonyl (C=O) groups is 2. The Bertz CT molecular complexity index is 899. The zero-order valence-corrected chi connectivity index (χ0v) is 17.5. The molecule has 0 saturated carbocycles. The van der Waals surface area contributed by atoms with Crippen LogP contribution in [0.15, 0.2) is 48.5 Å². The van der Waals surface area contributed by atoms with Crippen molar-refractivity contribution in [3.63, 3.8) is 0 Å². The van der Waals surface area contributed by atoms with E-state index in [1.54, 1.807) is 6.92 Å². The van der Waals surface area contributed by atoms with E-state index in [-0.39, 0.29) is 18.1 Å². The van der Waals surface area contributed by atoms with Crippen molar-refractivity contribution in [3.8, 4) is 0 Å². The molecular weight excluding hydrogens is 395 g/mol. The number of nitrogens with one attached hydrogen (secondary N) is 1. The Kier molecular flexibility index (Phi) is 7.61. The van der Waals surface area contributed by atoms with Crippen LogP contribution in [0.4, 0.5) is 18.9 Å². The molecule has 8 heteroatoms. The minimum atomic E-state index is -4.58. The molecule has 0 unspecified atom stereocenters. The second-order valence-electron chi connectivity index (χ2n) is 7.30. The lowest BCUT2D eigenvalue weighted by atomic mass is 10.1. The van der Waals surface area contributed by atoms with E-state index < -0.39 is 23.7 Å². The molecule has 0 spiro atoms. The molecule has 0 saturated heterocycles. The first-order valence-corrected chi connectivity index (χ1v) is 9.46. The highest BCUT2D eigenvalue weighted by Crippen LogP contribution is 2.34. The van der Waals surface area contributed by atoms with E-state index in [1.807, 2.05) is 43.1 Å². The van der Waals surface area contributed by atoms with Crippen molar-refractivity contribution in [2.24, 2.45) is 0 Å². The van der Waals surface area contributed by atoms with Crippen LogP contribution in [0.1, 0.15) is 23.6 Å². The fourth-order valence-corrected chi connectivity index (χ4v) is 3.02. The molecule has 1 atom stereocenters. The summed E-state index contributed by atoms with van der Waals surface area (Å²) in [7, 11) is 3.26. The third-order valence-corrected chi connectivity index (χ3v) is 4.96. The van der Waals surface area contributed by atoms with E-state index in [4.69, 9.17) is 0 Å². The van der Waals surface area contributed by atoms with Crippen molar-refractivity contribution in [1.29, 1.82) is 0 Å². The molecule has 0 heterocycles. The fourth-order valence-electron chi connectivity index (χ4n) is 3.02. The van der Waals surface area contributed by atoms with E-state index in [2.05, 4.69) is 5.32 Å². The number of hydrogen-bond acceptors (Lipinski definition) is 3. The van der Waals surface area contributed by atoms with Crippen LogP contribution in [0.5, 0.6) is 0 Å². The number of nitrogens with zero attached hydrogens (tertiary/aromatic N) is 2. The summed E-state index contributed by atoms with van der Waals surface area (Å²) < 4.78 is 39.2. The molecule has 0 aromatic heterocycles. The van der Waals surface area contributed by atoms with Crippen molar-refractivity contribution >= 4 is 17.5 Å². The van der Waals surface area contributed by atoms with Gasteiger partial charge < -0.3 is 10.2 Å². The van der Waals surface area contributed by atoms with Crippen molar-refractivity contribution in [2.75, 3.05) is 26.0 Å². The number of carbonyl (C=O) groups excluding carboxylic acids is 2. The predicted octanol–water partition coefficient (Wildman–Crippen LogP) is 3.93. The van der Waals surface area contributed by atoms with Gasteiger partial charge in [0.25, 0.3) is 0 Å². The molecule has 0 aliphatic carbocycles. The minimum Gasteiger partial charge on any atom is -0.335 e. The predicted molar refractivity (Wildman–Crippen MR) is 110 cm³/mol. The number of aryl methyl sites for hydroxylation is 1. The van der Waals surface area contributed by atoms with Gasteiger partial charge in [-0.3, -0.25) is 14.5 Å². The summed E-state index contributed by atoms with van der Waals surface area (Å²) in [5.41, 5.74) is 0.933. The molecule has 162 valence electrons. The highest BCUT2D eigenvalue weighted by Gasteiger charge is 2.33. The molecule has 1 N–H and O–H groups in total. The number of alkyl halides is 3. The van der Waals surface area contributed by atoms with Crippen LogP contribution < -0.4 is 5.32 Å². The van der Waals surface area contributed by atoms with E-state index in [0.29, 0.717) is 6.54 Å². The fraction of sp³-hybridized carbons (Fsp3) is 0.364. The van der Waals surface area contributed by atoms with Crippen LogP contribution in [0, 0.1) is 6.92 Å². The maximum Gasteiger partial charge on any atom is 0.418 e. The zero-order chi connectivity index (χ0) is 22.5. The summed E-state index contributed by atoms with van der Waals surface area (Å²) in [6, 6.07) is 12.1. The first-order chi connectivity index (χ1) is 14.0. The number of amides is 2. The van der Waals surface area contributed by atoms with Crippen LogP contribution in [-0.4, -0.2) is 48.3 Å². The summed E-state index contributed by atoms with van der Waals surface area (Å²) in [6.07, 6.45) is -4.58. The van der Waals surface area contributed by atoms with Crippen LogP contribution >= 0.6 is 0 Å². The van der Waals surface area contributed by atoms with Gasteiger partial charge in [-0.05, 0) is 44.2 Å². The molecule has 2 amide bonds. The van der Waals surface area contributed by atoms with E-state index in [9.17, 15) is 22.8 Å². The number of hydrogen-bond donors (Lipinski definition) is 1. The first kappa shape index (κ1) is 23.4. The SMILES string of the molecule is Cc1ccccc1CN(C)[C@H](C)C(=O)N(C)CC(=O)Nc1ccccc1C(F)(F)F. The first-order valence-electron chi connectivity index (χ1n) is 9.46. The summed E-state index contributed by atoms with van der Waals surface area (Å²) in [5.74, 6) is -0.998. The molecule has 30 heavy (non-hydrogen) atoms. The van der Waals surface area contributed by atoms with Gasteiger partial charge in [0.15, 0.2) is 0 Å². The lowest BCUT2D eigenvalue weighted by Crippen LogP contribution is -2.46. The Morgan fingerprint density at radius 3 is 2.27 bits per heavy atom. The highest BCUT2D eigenvalue weighted by molar-refractivity contribution is 5.95. The monoisotopic (exact) mass is 421 g/mol. The number of benzene rings is 2. The molecule has 0 fully saturated rings. The highest BCUT2D eigenvalue weighted by atomic mass is 19.4. The van der Waals surface area contributed by atoms with Crippen LogP contribution in [0.25, 0.3) is 0 Å². The summed E-state index contributed by atoms with van der Waals surface area (Å²) in [5, 5.41) is 2.25. The lowest BCUT2D eigenvalue weighted by molar-refractivity contribution is -0.138. The van der Waals surface area contributed by atoms with Gasteiger partial charge in [0.05, 0.1) is 23.8 Å². The van der Waals surface area contributed by atoms with Gasteiger partial charge in [0.2, 0.25) is 11.8 Å². The molecule has 0 aliphatic heterocycles. The third kappa shape index (κ3) is 6.06. The van der Waals surface area contributed by atoms with Gasteiger partial charge in [0, 0.05) is 13.6 Å². The second-order valence-corrected chi connectivity index (χ2v) is 7.30. The van der Waals surface area contributed by atoms with Crippen LogP contribution in [-0.2, 0) is 22.3 Å². The van der Waals surface area contributed by atoms with Gasteiger partial charge in [-0.25, -0.2) is 0 Å². The quantitative estimate of drug-likeness (QED) is 0.737. The van der Waals surface area contributed by atoms with Crippen LogP contribution in [0.3, 0.4) is 0 Å². The lowest BCUT2D eigenvalue weighted by Gasteiger charge is -2.28. The third-order valence-electron chi connectivity index (χ3n) is 4.96. The average Bonchev–Trinajstić information content (AvgIpc) is 2.68. The van der Waals surface area contributed by atoms with Crippen molar-refractivity contribution < 1.29 is 22.8 Å². The Morgan fingerprint density at radius 1 is 1.03 bits per heavy atom. The molecule has 0 radical (unpaired) electrons. The number of halogens is 3. The summed E-state index contributed by atoms with van der Waals surface area (Å²) in [4.78, 5) is 28.0. The molecule has 0 bridgehead atoms. The van der Waals surface area contributed by atoms with Crippen molar-refractivity contribution in [3.05, 3.63) is 65.2 Å². The number of likely N-dealkylation sites (N-methyl/N-ethyl adjacent to an activating group) is 2. The Hall–Kier alpha value is -2.87. The summed E-state index contributed by atoms with van der Waals surface area (Å²) >= 11 is 0. The zero-order valence-electron chi connectivity index (χ0n) is 17.5. The van der Waals surface area contributed by atoms with Gasteiger partial charge >= 0.3 is 6.18 Å². The normalized spacial score (nSPS) is 12.5. The molecule has 0 aliphatic rings. The Labute approximate surface area is 174 Å².